The van der Waals surface area contributed by atoms with Gasteiger partial charge in [-0.2, -0.15) is 5.10 Å². The van der Waals surface area contributed by atoms with Crippen molar-refractivity contribution >= 4 is 5.91 Å². The van der Waals surface area contributed by atoms with Gasteiger partial charge in [0.15, 0.2) is 5.69 Å². The fourth-order valence-electron chi connectivity index (χ4n) is 3.19. The van der Waals surface area contributed by atoms with Gasteiger partial charge in [0.1, 0.15) is 0 Å². The largest absolute Gasteiger partial charge is 0.393 e. The first kappa shape index (κ1) is 15.5. The average molecular weight is 308 g/mol. The Balaban J connectivity index is 1.58. The molecule has 1 atom stereocenters. The highest BCUT2D eigenvalue weighted by Gasteiger charge is 2.27. The molecule has 0 saturated carbocycles. The lowest BCUT2D eigenvalue weighted by Crippen LogP contribution is -2.41. The van der Waals surface area contributed by atoms with Gasteiger partial charge in [-0.15, -0.1) is 0 Å². The molecule has 1 aromatic heterocycles. The molecule has 1 aromatic rings. The molecule has 0 spiro atoms. The number of carbonyl (C=O) groups is 1. The number of rotatable bonds is 4. The van der Waals surface area contributed by atoms with E-state index in [1.807, 2.05) is 7.05 Å². The maximum atomic E-state index is 12.4. The third kappa shape index (κ3) is 3.31. The summed E-state index contributed by atoms with van der Waals surface area (Å²) in [6.07, 6.45) is 1.68. The summed E-state index contributed by atoms with van der Waals surface area (Å²) >= 11 is 0. The van der Waals surface area contributed by atoms with Gasteiger partial charge in [0, 0.05) is 50.9 Å². The van der Waals surface area contributed by atoms with Crippen LogP contribution in [0.3, 0.4) is 0 Å². The molecule has 2 heterocycles. The van der Waals surface area contributed by atoms with Crippen LogP contribution in [-0.4, -0.2) is 71.2 Å². The van der Waals surface area contributed by atoms with Crippen LogP contribution in [-0.2, 0) is 24.6 Å². The van der Waals surface area contributed by atoms with Gasteiger partial charge in [-0.1, -0.05) is 0 Å². The summed E-state index contributed by atoms with van der Waals surface area (Å²) in [4.78, 5) is 14.6. The third-order valence-corrected chi connectivity index (χ3v) is 4.46. The standard InChI is InChI=1S/C15H24N4O3/c1-18-13-3-2-11(20)10-12(13)14(17-18)15(21)16-4-5-19-6-8-22-9-7-19/h11,20H,2-10H2,1H3,(H,16,21). The van der Waals surface area contributed by atoms with E-state index < -0.39 is 0 Å². The van der Waals surface area contributed by atoms with E-state index in [1.165, 1.54) is 0 Å². The number of morpholine rings is 1. The van der Waals surface area contributed by atoms with Gasteiger partial charge in [0.05, 0.1) is 19.3 Å². The van der Waals surface area contributed by atoms with Gasteiger partial charge in [-0.3, -0.25) is 14.4 Å². The molecule has 122 valence electrons. The minimum Gasteiger partial charge on any atom is -0.393 e. The average Bonchev–Trinajstić information content (AvgIpc) is 2.85. The SMILES string of the molecule is Cn1nc(C(=O)NCCN2CCOCC2)c2c1CCC(O)C2. The third-order valence-electron chi connectivity index (χ3n) is 4.46. The number of aliphatic hydroxyl groups excluding tert-OH is 1. The molecule has 22 heavy (non-hydrogen) atoms. The first-order valence-electron chi connectivity index (χ1n) is 7.96. The number of aromatic nitrogens is 2. The number of nitrogens with zero attached hydrogens (tertiary/aromatic N) is 3. The van der Waals surface area contributed by atoms with Crippen LogP contribution in [0.2, 0.25) is 0 Å². The summed E-state index contributed by atoms with van der Waals surface area (Å²) in [5.74, 6) is -0.140. The molecular weight excluding hydrogens is 284 g/mol. The van der Waals surface area contributed by atoms with Crippen molar-refractivity contribution in [2.45, 2.75) is 25.4 Å². The first-order chi connectivity index (χ1) is 10.6. The van der Waals surface area contributed by atoms with Gasteiger partial charge in [-0.25, -0.2) is 0 Å². The number of nitrogens with one attached hydrogen (secondary N) is 1. The molecule has 1 unspecified atom stereocenters. The monoisotopic (exact) mass is 308 g/mol. The molecule has 1 aliphatic carbocycles. The molecule has 2 N–H and O–H groups in total. The van der Waals surface area contributed by atoms with E-state index in [1.54, 1.807) is 4.68 Å². The van der Waals surface area contributed by atoms with Gasteiger partial charge in [0.2, 0.25) is 0 Å². The van der Waals surface area contributed by atoms with E-state index in [9.17, 15) is 9.90 Å². The molecule has 0 bridgehead atoms. The molecule has 3 rings (SSSR count). The van der Waals surface area contributed by atoms with E-state index in [0.717, 1.165) is 56.9 Å². The predicted octanol–water partition coefficient (Wildman–Crippen LogP) is -0.668. The molecule has 2 aliphatic rings. The van der Waals surface area contributed by atoms with Crippen molar-refractivity contribution in [1.82, 2.24) is 20.0 Å². The van der Waals surface area contributed by atoms with Crippen molar-refractivity contribution in [3.05, 3.63) is 17.0 Å². The molecular formula is C15H24N4O3. The number of hydrogen-bond donors (Lipinski definition) is 2. The van der Waals surface area contributed by atoms with E-state index >= 15 is 0 Å². The maximum Gasteiger partial charge on any atom is 0.272 e. The Morgan fingerprint density at radius 3 is 3.00 bits per heavy atom. The number of hydrogen-bond acceptors (Lipinski definition) is 5. The second kappa shape index (κ2) is 6.76. The van der Waals surface area contributed by atoms with E-state index in [4.69, 9.17) is 4.74 Å². The van der Waals surface area contributed by atoms with Crippen molar-refractivity contribution < 1.29 is 14.6 Å². The lowest BCUT2D eigenvalue weighted by Gasteiger charge is -2.26. The van der Waals surface area contributed by atoms with Gasteiger partial charge >= 0.3 is 0 Å². The summed E-state index contributed by atoms with van der Waals surface area (Å²) < 4.78 is 7.08. The fraction of sp³-hybridized carbons (Fsp3) is 0.733. The number of aryl methyl sites for hydroxylation is 1. The highest BCUT2D eigenvalue weighted by molar-refractivity contribution is 5.94. The van der Waals surface area contributed by atoms with Crippen molar-refractivity contribution in [3.63, 3.8) is 0 Å². The maximum absolute atomic E-state index is 12.4. The molecule has 1 amide bonds. The van der Waals surface area contributed by atoms with E-state index in [0.29, 0.717) is 18.7 Å². The van der Waals surface area contributed by atoms with Crippen LogP contribution in [0.25, 0.3) is 0 Å². The van der Waals surface area contributed by atoms with E-state index in [2.05, 4.69) is 15.3 Å². The van der Waals surface area contributed by atoms with Crippen molar-refractivity contribution in [1.29, 1.82) is 0 Å². The lowest BCUT2D eigenvalue weighted by atomic mass is 9.93. The fourth-order valence-corrected chi connectivity index (χ4v) is 3.19. The minimum absolute atomic E-state index is 0.140. The van der Waals surface area contributed by atoms with Crippen molar-refractivity contribution in [2.75, 3.05) is 39.4 Å². The summed E-state index contributed by atoms with van der Waals surface area (Å²) in [5, 5.41) is 17.1. The zero-order chi connectivity index (χ0) is 15.5. The topological polar surface area (TPSA) is 79.6 Å². The Hall–Kier alpha value is -1.44. The Morgan fingerprint density at radius 1 is 1.45 bits per heavy atom. The van der Waals surface area contributed by atoms with Crippen molar-refractivity contribution in [2.24, 2.45) is 7.05 Å². The van der Waals surface area contributed by atoms with Gasteiger partial charge < -0.3 is 15.2 Å². The summed E-state index contributed by atoms with van der Waals surface area (Å²) in [7, 11) is 1.86. The number of fused-ring (bicyclic) bond motifs is 1. The number of carbonyl (C=O) groups excluding carboxylic acids is 1. The van der Waals surface area contributed by atoms with E-state index in [-0.39, 0.29) is 12.0 Å². The Kier molecular flexibility index (Phi) is 4.75. The van der Waals surface area contributed by atoms with Crippen LogP contribution < -0.4 is 5.32 Å². The van der Waals surface area contributed by atoms with Crippen LogP contribution >= 0.6 is 0 Å². The molecule has 0 radical (unpaired) electrons. The quantitative estimate of drug-likeness (QED) is 0.771. The van der Waals surface area contributed by atoms with Crippen LogP contribution in [0, 0.1) is 0 Å². The molecule has 7 nitrogen and oxygen atoms in total. The molecule has 1 aliphatic heterocycles. The van der Waals surface area contributed by atoms with Crippen LogP contribution in [0.5, 0.6) is 0 Å². The smallest absolute Gasteiger partial charge is 0.272 e. The molecule has 1 fully saturated rings. The predicted molar refractivity (Wildman–Crippen MR) is 80.8 cm³/mol. The Morgan fingerprint density at radius 2 is 2.23 bits per heavy atom. The second-order valence-corrected chi connectivity index (χ2v) is 6.00. The Bertz CT molecular complexity index is 537. The lowest BCUT2D eigenvalue weighted by molar-refractivity contribution is 0.0383. The highest BCUT2D eigenvalue weighted by atomic mass is 16.5. The minimum atomic E-state index is -0.364. The summed E-state index contributed by atoms with van der Waals surface area (Å²) in [5.41, 5.74) is 2.45. The summed E-state index contributed by atoms with van der Waals surface area (Å²) in [6, 6.07) is 0. The van der Waals surface area contributed by atoms with Crippen LogP contribution in [0.4, 0.5) is 0 Å². The number of amides is 1. The van der Waals surface area contributed by atoms with Crippen molar-refractivity contribution in [3.8, 4) is 0 Å². The number of ether oxygens (including phenoxy) is 1. The molecule has 1 saturated heterocycles. The van der Waals surface area contributed by atoms with Gasteiger partial charge in [0.25, 0.3) is 5.91 Å². The van der Waals surface area contributed by atoms with Gasteiger partial charge in [-0.05, 0) is 12.8 Å². The first-order valence-corrected chi connectivity index (χ1v) is 7.96. The zero-order valence-electron chi connectivity index (χ0n) is 13.0. The highest BCUT2D eigenvalue weighted by Crippen LogP contribution is 2.24. The van der Waals surface area contributed by atoms with Crippen LogP contribution in [0.1, 0.15) is 28.2 Å². The summed E-state index contributed by atoms with van der Waals surface area (Å²) in [6.45, 7) is 4.79. The number of aliphatic hydroxyl groups is 1. The molecule has 7 heteroatoms. The second-order valence-electron chi connectivity index (χ2n) is 6.00. The normalized spacial score (nSPS) is 22.4. The molecule has 0 aromatic carbocycles. The Labute approximate surface area is 130 Å². The zero-order valence-corrected chi connectivity index (χ0v) is 13.0. The van der Waals surface area contributed by atoms with Crippen LogP contribution in [0.15, 0.2) is 0 Å².